The number of hydrogen-bond donors (Lipinski definition) is 1. The summed E-state index contributed by atoms with van der Waals surface area (Å²) in [5.74, 6) is -0.0891. The average Bonchev–Trinajstić information content (AvgIpc) is 3.22. The average molecular weight is 427 g/mol. The van der Waals surface area contributed by atoms with Crippen LogP contribution in [0.15, 0.2) is 48.5 Å². The van der Waals surface area contributed by atoms with Crippen LogP contribution in [0, 0.1) is 6.92 Å². The fourth-order valence-electron chi connectivity index (χ4n) is 4.17. The van der Waals surface area contributed by atoms with E-state index in [1.165, 1.54) is 0 Å². The fourth-order valence-corrected chi connectivity index (χ4v) is 4.30. The lowest BCUT2D eigenvalue weighted by Gasteiger charge is -2.31. The van der Waals surface area contributed by atoms with Crippen LogP contribution in [0.1, 0.15) is 55.7 Å². The van der Waals surface area contributed by atoms with Gasteiger partial charge in [-0.2, -0.15) is 0 Å². The van der Waals surface area contributed by atoms with E-state index in [-0.39, 0.29) is 24.3 Å². The van der Waals surface area contributed by atoms with Crippen LogP contribution in [-0.2, 0) is 22.6 Å². The van der Waals surface area contributed by atoms with Crippen molar-refractivity contribution in [3.63, 3.8) is 0 Å². The zero-order valence-corrected chi connectivity index (χ0v) is 18.6. The molecule has 2 aromatic rings. The van der Waals surface area contributed by atoms with E-state index < -0.39 is 6.04 Å². The van der Waals surface area contributed by atoms with Crippen LogP contribution in [-0.4, -0.2) is 28.8 Å². The van der Waals surface area contributed by atoms with Crippen molar-refractivity contribution in [1.29, 1.82) is 0 Å². The molecular weight excluding hydrogens is 396 g/mol. The molecule has 2 amide bonds. The lowest BCUT2D eigenvalue weighted by molar-refractivity contribution is -0.141. The number of hydrogen-bond acceptors (Lipinski definition) is 2. The highest BCUT2D eigenvalue weighted by molar-refractivity contribution is 6.30. The third-order valence-electron chi connectivity index (χ3n) is 5.79. The number of carbonyl (C=O) groups is 2. The Kier molecular flexibility index (Phi) is 7.92. The van der Waals surface area contributed by atoms with Gasteiger partial charge in [0.25, 0.3) is 0 Å². The van der Waals surface area contributed by atoms with Crippen molar-refractivity contribution >= 4 is 23.4 Å². The fraction of sp³-hybridized carbons (Fsp3) is 0.440. The van der Waals surface area contributed by atoms with Crippen molar-refractivity contribution in [1.82, 2.24) is 10.2 Å². The standard InChI is InChI=1S/C25H31ClN2O2/c1-3-23(25(30)27-22-9-4-5-10-22)28(17-20-8-6-7-18(2)15-20)24(29)16-19-11-13-21(26)14-12-19/h6-8,11-15,22-23H,3-5,9-10,16-17H2,1-2H3,(H,27,30)/t23-/m1/s1. The van der Waals surface area contributed by atoms with E-state index in [0.29, 0.717) is 18.0 Å². The molecule has 1 fully saturated rings. The summed E-state index contributed by atoms with van der Waals surface area (Å²) in [6.07, 6.45) is 5.19. The number of rotatable bonds is 8. The van der Waals surface area contributed by atoms with Crippen LogP contribution in [0.25, 0.3) is 0 Å². The Balaban J connectivity index is 1.81. The second-order valence-corrected chi connectivity index (χ2v) is 8.66. The Bertz CT molecular complexity index is 860. The van der Waals surface area contributed by atoms with Crippen molar-refractivity contribution in [3.8, 4) is 0 Å². The first kappa shape index (κ1) is 22.4. The van der Waals surface area contributed by atoms with Crippen LogP contribution >= 0.6 is 11.6 Å². The summed E-state index contributed by atoms with van der Waals surface area (Å²) in [7, 11) is 0. The van der Waals surface area contributed by atoms with Gasteiger partial charge in [-0.15, -0.1) is 0 Å². The highest BCUT2D eigenvalue weighted by Gasteiger charge is 2.30. The van der Waals surface area contributed by atoms with E-state index >= 15 is 0 Å². The molecule has 30 heavy (non-hydrogen) atoms. The first-order valence-corrected chi connectivity index (χ1v) is 11.2. The van der Waals surface area contributed by atoms with Crippen LogP contribution in [0.5, 0.6) is 0 Å². The molecular formula is C25H31ClN2O2. The van der Waals surface area contributed by atoms with Crippen molar-refractivity contribution < 1.29 is 9.59 Å². The first-order valence-electron chi connectivity index (χ1n) is 10.9. The Morgan fingerprint density at radius 1 is 1.10 bits per heavy atom. The Labute approximate surface area is 184 Å². The van der Waals surface area contributed by atoms with Crippen molar-refractivity contribution in [2.75, 3.05) is 0 Å². The molecule has 0 unspecified atom stereocenters. The first-order chi connectivity index (χ1) is 14.5. The molecule has 0 aliphatic heterocycles. The van der Waals surface area contributed by atoms with Gasteiger partial charge in [-0.3, -0.25) is 9.59 Å². The van der Waals surface area contributed by atoms with Gasteiger partial charge in [-0.1, -0.05) is 73.3 Å². The highest BCUT2D eigenvalue weighted by atomic mass is 35.5. The quantitative estimate of drug-likeness (QED) is 0.641. The minimum Gasteiger partial charge on any atom is -0.352 e. The minimum absolute atomic E-state index is 0.0403. The van der Waals surface area contributed by atoms with Crippen LogP contribution in [0.2, 0.25) is 5.02 Å². The molecule has 0 radical (unpaired) electrons. The summed E-state index contributed by atoms with van der Waals surface area (Å²) in [5.41, 5.74) is 3.07. The second kappa shape index (κ2) is 10.6. The van der Waals surface area contributed by atoms with Gasteiger partial charge in [-0.25, -0.2) is 0 Å². The molecule has 160 valence electrons. The number of carbonyl (C=O) groups excluding carboxylic acids is 2. The lowest BCUT2D eigenvalue weighted by atomic mass is 10.1. The molecule has 5 heteroatoms. The zero-order valence-electron chi connectivity index (χ0n) is 17.9. The lowest BCUT2D eigenvalue weighted by Crippen LogP contribution is -2.51. The third kappa shape index (κ3) is 6.09. The predicted octanol–water partition coefficient (Wildman–Crippen LogP) is 5.06. The van der Waals surface area contributed by atoms with E-state index in [4.69, 9.17) is 11.6 Å². The monoisotopic (exact) mass is 426 g/mol. The SMILES string of the molecule is CC[C@H](C(=O)NC1CCCC1)N(Cc1cccc(C)c1)C(=O)Cc1ccc(Cl)cc1. The van der Waals surface area contributed by atoms with Crippen LogP contribution in [0.4, 0.5) is 0 Å². The molecule has 0 saturated heterocycles. The van der Waals surface area contributed by atoms with E-state index in [1.807, 2.05) is 44.2 Å². The van der Waals surface area contributed by atoms with Crippen LogP contribution < -0.4 is 5.32 Å². The molecule has 1 N–H and O–H groups in total. The molecule has 0 spiro atoms. The maximum absolute atomic E-state index is 13.3. The molecule has 1 saturated carbocycles. The topological polar surface area (TPSA) is 49.4 Å². The molecule has 0 heterocycles. The number of benzene rings is 2. The summed E-state index contributed by atoms with van der Waals surface area (Å²) < 4.78 is 0. The van der Waals surface area contributed by atoms with Crippen molar-refractivity contribution in [3.05, 3.63) is 70.2 Å². The number of halogens is 1. The van der Waals surface area contributed by atoms with Gasteiger partial charge in [-0.05, 0) is 49.4 Å². The number of amides is 2. The van der Waals surface area contributed by atoms with Gasteiger partial charge in [0.15, 0.2) is 0 Å². The zero-order chi connectivity index (χ0) is 21.5. The largest absolute Gasteiger partial charge is 0.352 e. The number of nitrogens with one attached hydrogen (secondary N) is 1. The molecule has 4 nitrogen and oxygen atoms in total. The maximum atomic E-state index is 13.3. The second-order valence-electron chi connectivity index (χ2n) is 8.23. The molecule has 3 rings (SSSR count). The highest BCUT2D eigenvalue weighted by Crippen LogP contribution is 2.20. The Hall–Kier alpha value is -2.33. The molecule has 1 atom stereocenters. The maximum Gasteiger partial charge on any atom is 0.243 e. The summed E-state index contributed by atoms with van der Waals surface area (Å²) in [5, 5.41) is 3.83. The third-order valence-corrected chi connectivity index (χ3v) is 6.04. The molecule has 2 aromatic carbocycles. The van der Waals surface area contributed by atoms with Gasteiger partial charge in [0.05, 0.1) is 6.42 Å². The van der Waals surface area contributed by atoms with E-state index in [1.54, 1.807) is 17.0 Å². The Morgan fingerprint density at radius 2 is 1.80 bits per heavy atom. The summed E-state index contributed by atoms with van der Waals surface area (Å²) in [6.45, 7) is 4.43. The van der Waals surface area contributed by atoms with E-state index in [0.717, 1.165) is 42.4 Å². The van der Waals surface area contributed by atoms with Gasteiger partial charge < -0.3 is 10.2 Å². The molecule has 1 aliphatic rings. The van der Waals surface area contributed by atoms with Crippen LogP contribution in [0.3, 0.4) is 0 Å². The van der Waals surface area contributed by atoms with Crippen molar-refractivity contribution in [2.45, 2.75) is 71.0 Å². The molecule has 0 aromatic heterocycles. The van der Waals surface area contributed by atoms with E-state index in [2.05, 4.69) is 11.4 Å². The normalized spacial score (nSPS) is 15.0. The molecule has 0 bridgehead atoms. The van der Waals surface area contributed by atoms with Gasteiger partial charge in [0.1, 0.15) is 6.04 Å². The number of nitrogens with zero attached hydrogens (tertiary/aromatic N) is 1. The smallest absolute Gasteiger partial charge is 0.243 e. The van der Waals surface area contributed by atoms with Gasteiger partial charge in [0.2, 0.25) is 11.8 Å². The number of aryl methyl sites for hydroxylation is 1. The summed E-state index contributed by atoms with van der Waals surface area (Å²) in [6, 6.07) is 15.2. The predicted molar refractivity (Wildman–Crippen MR) is 121 cm³/mol. The van der Waals surface area contributed by atoms with Gasteiger partial charge in [0, 0.05) is 17.6 Å². The van der Waals surface area contributed by atoms with E-state index in [9.17, 15) is 9.59 Å². The van der Waals surface area contributed by atoms with Crippen molar-refractivity contribution in [2.24, 2.45) is 0 Å². The summed E-state index contributed by atoms with van der Waals surface area (Å²) in [4.78, 5) is 28.2. The Morgan fingerprint density at radius 3 is 2.43 bits per heavy atom. The van der Waals surface area contributed by atoms with Gasteiger partial charge >= 0.3 is 0 Å². The summed E-state index contributed by atoms with van der Waals surface area (Å²) >= 11 is 5.98. The molecule has 1 aliphatic carbocycles. The minimum atomic E-state index is -0.481.